The summed E-state index contributed by atoms with van der Waals surface area (Å²) < 4.78 is 0. The second-order valence-electron chi connectivity index (χ2n) is 3.58. The molecule has 1 heterocycles. The van der Waals surface area contributed by atoms with Crippen LogP contribution in [0, 0.1) is 0 Å². The number of aromatic nitrogens is 1. The number of hydrogen-bond acceptors (Lipinski definition) is 2. The maximum absolute atomic E-state index is 11.8. The Kier molecular flexibility index (Phi) is 4.13. The van der Waals surface area contributed by atoms with Crippen molar-refractivity contribution >= 4 is 35.1 Å². The molecule has 0 spiro atoms. The number of hydrogen-bond donors (Lipinski definition) is 0. The number of carbonyl (C=O) groups is 1. The molecule has 0 aliphatic heterocycles. The van der Waals surface area contributed by atoms with E-state index >= 15 is 0 Å². The molecule has 18 heavy (non-hydrogen) atoms. The van der Waals surface area contributed by atoms with Gasteiger partial charge in [0.25, 0.3) is 0 Å². The fourth-order valence-electron chi connectivity index (χ4n) is 1.40. The van der Waals surface area contributed by atoms with Gasteiger partial charge in [0.15, 0.2) is 0 Å². The summed E-state index contributed by atoms with van der Waals surface area (Å²) in [7, 11) is 0. The molecule has 0 bridgehead atoms. The van der Waals surface area contributed by atoms with Gasteiger partial charge >= 0.3 is 0 Å². The van der Waals surface area contributed by atoms with E-state index in [4.69, 9.17) is 23.2 Å². The lowest BCUT2D eigenvalue weighted by atomic mass is 10.1. The van der Waals surface area contributed by atoms with E-state index in [1.807, 2.05) is 0 Å². The third-order valence-electron chi connectivity index (χ3n) is 2.29. The van der Waals surface area contributed by atoms with Gasteiger partial charge in [0, 0.05) is 16.2 Å². The van der Waals surface area contributed by atoms with Gasteiger partial charge in [-0.05, 0) is 42.0 Å². The van der Waals surface area contributed by atoms with Crippen LogP contribution in [0.2, 0.25) is 10.0 Å². The minimum Gasteiger partial charge on any atom is -0.288 e. The van der Waals surface area contributed by atoms with Crippen LogP contribution in [-0.2, 0) is 0 Å². The average molecular weight is 278 g/mol. The summed E-state index contributed by atoms with van der Waals surface area (Å²) in [5.41, 5.74) is 1.14. The van der Waals surface area contributed by atoms with Crippen LogP contribution >= 0.6 is 23.2 Å². The van der Waals surface area contributed by atoms with Crippen molar-refractivity contribution in [2.75, 3.05) is 0 Å². The molecule has 2 nitrogen and oxygen atoms in total. The van der Waals surface area contributed by atoms with E-state index in [2.05, 4.69) is 4.98 Å². The highest BCUT2D eigenvalue weighted by Crippen LogP contribution is 2.22. The molecule has 1 aromatic heterocycles. The maximum Gasteiger partial charge on any atom is 0.204 e. The van der Waals surface area contributed by atoms with Gasteiger partial charge in [-0.2, -0.15) is 0 Å². The number of allylic oxidation sites excluding steroid dienone is 1. The van der Waals surface area contributed by atoms with Gasteiger partial charge in [0.2, 0.25) is 5.78 Å². The molecule has 0 amide bonds. The molecule has 0 saturated heterocycles. The van der Waals surface area contributed by atoms with Crippen molar-refractivity contribution in [2.45, 2.75) is 0 Å². The Bertz CT molecular complexity index is 594. The zero-order valence-electron chi connectivity index (χ0n) is 9.31. The lowest BCUT2D eigenvalue weighted by Gasteiger charge is -1.98. The van der Waals surface area contributed by atoms with E-state index in [0.717, 1.165) is 5.56 Å². The highest BCUT2D eigenvalue weighted by Gasteiger charge is 2.02. The number of pyridine rings is 1. The summed E-state index contributed by atoms with van der Waals surface area (Å²) in [6, 6.07) is 10.3. The van der Waals surface area contributed by atoms with Crippen LogP contribution in [0.4, 0.5) is 0 Å². The zero-order valence-corrected chi connectivity index (χ0v) is 10.8. The topological polar surface area (TPSA) is 30.0 Å². The van der Waals surface area contributed by atoms with Crippen LogP contribution in [0.1, 0.15) is 16.1 Å². The molecular weight excluding hydrogens is 269 g/mol. The smallest absolute Gasteiger partial charge is 0.204 e. The standard InChI is InChI=1S/C14H9Cl2NO/c15-11-6-4-10(12(16)9-11)5-7-14(18)13-3-1-2-8-17-13/h1-9H. The van der Waals surface area contributed by atoms with E-state index in [1.54, 1.807) is 48.7 Å². The van der Waals surface area contributed by atoms with Gasteiger partial charge in [0.1, 0.15) is 5.69 Å². The summed E-state index contributed by atoms with van der Waals surface area (Å²) in [5.74, 6) is -0.165. The van der Waals surface area contributed by atoms with E-state index in [1.165, 1.54) is 6.08 Å². The van der Waals surface area contributed by atoms with Crippen molar-refractivity contribution in [1.82, 2.24) is 4.98 Å². The highest BCUT2D eigenvalue weighted by atomic mass is 35.5. The molecule has 2 aromatic rings. The Morgan fingerprint density at radius 2 is 2.00 bits per heavy atom. The van der Waals surface area contributed by atoms with Crippen LogP contribution < -0.4 is 0 Å². The third-order valence-corrected chi connectivity index (χ3v) is 2.86. The highest BCUT2D eigenvalue weighted by molar-refractivity contribution is 6.35. The Morgan fingerprint density at radius 3 is 2.67 bits per heavy atom. The molecule has 0 atom stereocenters. The summed E-state index contributed by atoms with van der Waals surface area (Å²) in [5, 5.41) is 1.07. The van der Waals surface area contributed by atoms with E-state index in [-0.39, 0.29) is 5.78 Å². The number of rotatable bonds is 3. The second kappa shape index (κ2) is 5.80. The largest absolute Gasteiger partial charge is 0.288 e. The molecule has 0 radical (unpaired) electrons. The molecule has 90 valence electrons. The van der Waals surface area contributed by atoms with Gasteiger partial charge < -0.3 is 0 Å². The average Bonchev–Trinajstić information content (AvgIpc) is 2.38. The summed E-state index contributed by atoms with van der Waals surface area (Å²) >= 11 is 11.8. The number of carbonyl (C=O) groups excluding carboxylic acids is 1. The monoisotopic (exact) mass is 277 g/mol. The van der Waals surface area contributed by atoms with E-state index < -0.39 is 0 Å². The van der Waals surface area contributed by atoms with Gasteiger partial charge in [0.05, 0.1) is 0 Å². The Hall–Kier alpha value is -1.64. The predicted molar refractivity (Wildman–Crippen MR) is 74.1 cm³/mol. The molecule has 0 aliphatic rings. The van der Waals surface area contributed by atoms with Crippen molar-refractivity contribution in [3.05, 3.63) is 70.0 Å². The predicted octanol–water partition coefficient (Wildman–Crippen LogP) is 4.28. The van der Waals surface area contributed by atoms with Crippen molar-refractivity contribution in [3.63, 3.8) is 0 Å². The quantitative estimate of drug-likeness (QED) is 0.619. The lowest BCUT2D eigenvalue weighted by molar-refractivity contribution is 0.104. The number of benzene rings is 1. The normalized spacial score (nSPS) is 10.8. The molecule has 4 heteroatoms. The van der Waals surface area contributed by atoms with Crippen LogP contribution in [0.25, 0.3) is 6.08 Å². The molecule has 0 aliphatic carbocycles. The molecular formula is C14H9Cl2NO. The van der Waals surface area contributed by atoms with Crippen molar-refractivity contribution in [1.29, 1.82) is 0 Å². The first-order valence-electron chi connectivity index (χ1n) is 5.25. The van der Waals surface area contributed by atoms with Gasteiger partial charge in [-0.25, -0.2) is 0 Å². The van der Waals surface area contributed by atoms with Crippen molar-refractivity contribution in [3.8, 4) is 0 Å². The van der Waals surface area contributed by atoms with Crippen LogP contribution in [0.15, 0.2) is 48.7 Å². The minimum absolute atomic E-state index is 0.165. The van der Waals surface area contributed by atoms with Crippen molar-refractivity contribution < 1.29 is 4.79 Å². The van der Waals surface area contributed by atoms with Crippen LogP contribution in [0.3, 0.4) is 0 Å². The molecule has 0 fully saturated rings. The fourth-order valence-corrected chi connectivity index (χ4v) is 1.87. The van der Waals surface area contributed by atoms with E-state index in [9.17, 15) is 4.79 Å². The lowest BCUT2D eigenvalue weighted by Crippen LogP contribution is -1.96. The third kappa shape index (κ3) is 3.19. The first-order chi connectivity index (χ1) is 8.66. The summed E-state index contributed by atoms with van der Waals surface area (Å²) in [6.07, 6.45) is 4.67. The molecule has 0 saturated carbocycles. The summed E-state index contributed by atoms with van der Waals surface area (Å²) in [4.78, 5) is 15.8. The number of nitrogens with zero attached hydrogens (tertiary/aromatic N) is 1. The Morgan fingerprint density at radius 1 is 1.17 bits per heavy atom. The fraction of sp³-hybridized carbons (Fsp3) is 0. The Balaban J connectivity index is 2.19. The number of ketones is 1. The molecule has 2 rings (SSSR count). The van der Waals surface area contributed by atoms with E-state index in [0.29, 0.717) is 15.7 Å². The maximum atomic E-state index is 11.8. The molecule has 0 N–H and O–H groups in total. The van der Waals surface area contributed by atoms with Gasteiger partial charge in [-0.15, -0.1) is 0 Å². The minimum atomic E-state index is -0.165. The van der Waals surface area contributed by atoms with Crippen LogP contribution in [-0.4, -0.2) is 10.8 Å². The Labute approximate surface area is 115 Å². The molecule has 1 aromatic carbocycles. The molecule has 0 unspecified atom stereocenters. The first kappa shape index (κ1) is 12.8. The zero-order chi connectivity index (χ0) is 13.0. The van der Waals surface area contributed by atoms with Gasteiger partial charge in [-0.1, -0.05) is 35.3 Å². The first-order valence-corrected chi connectivity index (χ1v) is 6.01. The van der Waals surface area contributed by atoms with Crippen LogP contribution in [0.5, 0.6) is 0 Å². The van der Waals surface area contributed by atoms with Crippen molar-refractivity contribution in [2.24, 2.45) is 0 Å². The number of halogens is 2. The second-order valence-corrected chi connectivity index (χ2v) is 4.42. The summed E-state index contributed by atoms with van der Waals surface area (Å²) in [6.45, 7) is 0. The van der Waals surface area contributed by atoms with Gasteiger partial charge in [-0.3, -0.25) is 9.78 Å². The SMILES string of the molecule is O=C(C=Cc1ccc(Cl)cc1Cl)c1ccccn1.